The van der Waals surface area contributed by atoms with E-state index in [0.717, 1.165) is 5.57 Å². The molecule has 0 fully saturated rings. The standard InChI is InChI=1S/C63H46/c1-43-56(47-22-10-4-11-23-47)42-57(44(2)62(43)49-34-32-46(33-35-49)45-20-8-3-9-21-45)51-36-38-54(58(40-51)48-24-12-5-13-25-48)50-37-39-61-59(41-50)55-30-18-19-31-60(55)63(61,52-26-14-6-15-27-52)53-28-16-7-17-29-53/h3-42,57H,2H2,1H3. The Balaban J connectivity index is 1.06. The fourth-order valence-electron chi connectivity index (χ4n) is 10.5. The van der Waals surface area contributed by atoms with E-state index >= 15 is 0 Å². The fourth-order valence-corrected chi connectivity index (χ4v) is 10.5. The molecule has 1 unspecified atom stereocenters. The average Bonchev–Trinajstić information content (AvgIpc) is 3.66. The van der Waals surface area contributed by atoms with Crippen molar-refractivity contribution in [3.05, 3.63) is 299 Å². The molecule has 0 heteroatoms. The van der Waals surface area contributed by atoms with Crippen LogP contribution in [0.5, 0.6) is 0 Å². The first-order chi connectivity index (χ1) is 31.1. The molecule has 2 aliphatic carbocycles. The number of hydrogen-bond acceptors (Lipinski definition) is 0. The summed E-state index contributed by atoms with van der Waals surface area (Å²) < 4.78 is 0. The molecule has 0 amide bonds. The van der Waals surface area contributed by atoms with Gasteiger partial charge in [0.15, 0.2) is 0 Å². The molecule has 0 N–H and O–H groups in total. The molecule has 11 rings (SSSR count). The molecule has 0 radical (unpaired) electrons. The second-order valence-electron chi connectivity index (χ2n) is 16.9. The molecule has 0 bridgehead atoms. The lowest BCUT2D eigenvalue weighted by Crippen LogP contribution is -2.28. The third kappa shape index (κ3) is 6.46. The number of rotatable bonds is 8. The van der Waals surface area contributed by atoms with Crippen LogP contribution in [0, 0.1) is 0 Å². The Morgan fingerprint density at radius 2 is 0.857 bits per heavy atom. The van der Waals surface area contributed by atoms with Crippen LogP contribution in [0.3, 0.4) is 0 Å². The summed E-state index contributed by atoms with van der Waals surface area (Å²) in [6.07, 6.45) is 2.44. The van der Waals surface area contributed by atoms with Gasteiger partial charge < -0.3 is 0 Å². The van der Waals surface area contributed by atoms with E-state index in [9.17, 15) is 0 Å². The molecule has 9 aromatic rings. The highest BCUT2D eigenvalue weighted by molar-refractivity contribution is 5.99. The van der Waals surface area contributed by atoms with Crippen LogP contribution in [0.4, 0.5) is 0 Å². The molecular formula is C63H46. The Hall–Kier alpha value is -7.80. The second kappa shape index (κ2) is 15.9. The monoisotopic (exact) mass is 802 g/mol. The van der Waals surface area contributed by atoms with Gasteiger partial charge in [0, 0.05) is 5.92 Å². The molecule has 1 atom stereocenters. The molecule has 0 nitrogen and oxygen atoms in total. The molecule has 0 saturated heterocycles. The van der Waals surface area contributed by atoms with Crippen molar-refractivity contribution in [3.63, 3.8) is 0 Å². The van der Waals surface area contributed by atoms with Gasteiger partial charge in [0.25, 0.3) is 0 Å². The van der Waals surface area contributed by atoms with Crippen LogP contribution in [-0.2, 0) is 5.41 Å². The minimum absolute atomic E-state index is 0.0338. The molecule has 0 spiro atoms. The molecule has 0 aliphatic heterocycles. The van der Waals surface area contributed by atoms with Gasteiger partial charge in [-0.2, -0.15) is 0 Å². The van der Waals surface area contributed by atoms with Gasteiger partial charge in [0.2, 0.25) is 0 Å². The quantitative estimate of drug-likeness (QED) is 0.144. The zero-order valence-corrected chi connectivity index (χ0v) is 35.4. The van der Waals surface area contributed by atoms with E-state index in [2.05, 4.69) is 250 Å². The number of fused-ring (bicyclic) bond motifs is 3. The van der Waals surface area contributed by atoms with Crippen molar-refractivity contribution in [2.45, 2.75) is 18.3 Å². The Labute approximate surface area is 371 Å². The third-order valence-corrected chi connectivity index (χ3v) is 13.4. The highest BCUT2D eigenvalue weighted by atomic mass is 14.5. The molecule has 0 aromatic heterocycles. The molecule has 2 aliphatic rings. The highest BCUT2D eigenvalue weighted by Gasteiger charge is 2.46. The summed E-state index contributed by atoms with van der Waals surface area (Å²) in [4.78, 5) is 0. The van der Waals surface area contributed by atoms with Crippen LogP contribution in [0.1, 0.15) is 51.8 Å². The first-order valence-corrected chi connectivity index (χ1v) is 22.0. The fraction of sp³-hybridized carbons (Fsp3) is 0.0476. The van der Waals surface area contributed by atoms with Gasteiger partial charge >= 0.3 is 0 Å². The van der Waals surface area contributed by atoms with E-state index in [4.69, 9.17) is 6.58 Å². The molecule has 0 saturated carbocycles. The van der Waals surface area contributed by atoms with Crippen LogP contribution in [0.2, 0.25) is 0 Å². The maximum atomic E-state index is 4.89. The van der Waals surface area contributed by atoms with Gasteiger partial charge in [0.1, 0.15) is 0 Å². The molecular weight excluding hydrogens is 757 g/mol. The normalized spacial score (nSPS) is 15.1. The smallest absolute Gasteiger partial charge is 0.0713 e. The van der Waals surface area contributed by atoms with Crippen molar-refractivity contribution >= 4 is 11.1 Å². The van der Waals surface area contributed by atoms with Gasteiger partial charge in [-0.05, 0) is 125 Å². The summed E-state index contributed by atoms with van der Waals surface area (Å²) in [5.41, 5.74) is 23.0. The van der Waals surface area contributed by atoms with Gasteiger partial charge in [-0.15, -0.1) is 0 Å². The Morgan fingerprint density at radius 3 is 1.49 bits per heavy atom. The van der Waals surface area contributed by atoms with Gasteiger partial charge in [-0.3, -0.25) is 0 Å². The van der Waals surface area contributed by atoms with Crippen LogP contribution >= 0.6 is 0 Å². The van der Waals surface area contributed by atoms with E-state index in [1.807, 2.05) is 0 Å². The average molecular weight is 803 g/mol. The topological polar surface area (TPSA) is 0 Å². The highest BCUT2D eigenvalue weighted by Crippen LogP contribution is 2.57. The summed E-state index contributed by atoms with van der Waals surface area (Å²) >= 11 is 0. The lowest BCUT2D eigenvalue weighted by Gasteiger charge is -2.34. The van der Waals surface area contributed by atoms with Gasteiger partial charge in [-0.25, -0.2) is 0 Å². The van der Waals surface area contributed by atoms with Crippen LogP contribution in [-0.4, -0.2) is 0 Å². The first kappa shape index (κ1) is 38.1. The molecule has 9 aromatic carbocycles. The lowest BCUT2D eigenvalue weighted by atomic mass is 9.67. The van der Waals surface area contributed by atoms with Crippen molar-refractivity contribution in [2.75, 3.05) is 0 Å². The Bertz CT molecular complexity index is 3150. The maximum absolute atomic E-state index is 4.89. The minimum atomic E-state index is -0.436. The Kier molecular flexibility index (Phi) is 9.63. The predicted molar refractivity (Wildman–Crippen MR) is 265 cm³/mol. The number of hydrogen-bond donors (Lipinski definition) is 0. The van der Waals surface area contributed by atoms with Crippen molar-refractivity contribution in [3.8, 4) is 44.5 Å². The van der Waals surface area contributed by atoms with Crippen molar-refractivity contribution in [2.24, 2.45) is 0 Å². The summed E-state index contributed by atoms with van der Waals surface area (Å²) in [6, 6.07) is 86.7. The third-order valence-electron chi connectivity index (χ3n) is 13.4. The first-order valence-electron chi connectivity index (χ1n) is 22.0. The van der Waals surface area contributed by atoms with Crippen molar-refractivity contribution in [1.82, 2.24) is 0 Å². The van der Waals surface area contributed by atoms with Crippen LogP contribution in [0.15, 0.2) is 260 Å². The summed E-state index contributed by atoms with van der Waals surface area (Å²) in [5.74, 6) is -0.0338. The SMILES string of the molecule is C=C1C(c2ccc(-c3ccccc3)cc2)=C(C)C(c2ccccc2)=CC1c1ccc(-c2ccc3c(c2)-c2ccccc2C3(c2ccccc2)c2ccccc2)c(-c2ccccc2)c1. The Morgan fingerprint density at radius 1 is 0.365 bits per heavy atom. The van der Waals surface area contributed by atoms with E-state index in [-0.39, 0.29) is 5.92 Å². The zero-order valence-electron chi connectivity index (χ0n) is 35.4. The number of allylic oxidation sites excluding steroid dienone is 5. The van der Waals surface area contributed by atoms with Crippen molar-refractivity contribution < 1.29 is 0 Å². The minimum Gasteiger partial charge on any atom is -0.0943 e. The zero-order chi connectivity index (χ0) is 42.3. The summed E-state index contributed by atoms with van der Waals surface area (Å²) in [6.45, 7) is 7.15. The summed E-state index contributed by atoms with van der Waals surface area (Å²) in [5, 5.41) is 0. The predicted octanol–water partition coefficient (Wildman–Crippen LogP) is 16.3. The molecule has 298 valence electrons. The molecule has 0 heterocycles. The second-order valence-corrected chi connectivity index (χ2v) is 16.9. The van der Waals surface area contributed by atoms with Gasteiger partial charge in [-0.1, -0.05) is 237 Å². The lowest BCUT2D eigenvalue weighted by molar-refractivity contribution is 0.768. The van der Waals surface area contributed by atoms with Crippen LogP contribution in [0.25, 0.3) is 55.7 Å². The van der Waals surface area contributed by atoms with Gasteiger partial charge in [0.05, 0.1) is 5.41 Å². The van der Waals surface area contributed by atoms with E-state index < -0.39 is 5.41 Å². The van der Waals surface area contributed by atoms with E-state index in [1.165, 1.54) is 100 Å². The van der Waals surface area contributed by atoms with E-state index in [0.29, 0.717) is 0 Å². The van der Waals surface area contributed by atoms with Crippen LogP contribution < -0.4 is 0 Å². The van der Waals surface area contributed by atoms with Crippen molar-refractivity contribution in [1.29, 1.82) is 0 Å². The largest absolute Gasteiger partial charge is 0.0943 e. The van der Waals surface area contributed by atoms with E-state index in [1.54, 1.807) is 0 Å². The molecule has 63 heavy (non-hydrogen) atoms. The number of benzene rings is 9. The summed E-state index contributed by atoms with van der Waals surface area (Å²) in [7, 11) is 0. The maximum Gasteiger partial charge on any atom is 0.0713 e.